The molecule has 0 aliphatic carbocycles. The molecular weight excluding hydrogens is 239 g/mol. The van der Waals surface area contributed by atoms with E-state index in [2.05, 4.69) is 10.1 Å². The maximum absolute atomic E-state index is 11.7. The Balaban J connectivity index is 2.26. The minimum atomic E-state index is -4.51. The van der Waals surface area contributed by atoms with Crippen molar-refractivity contribution in [2.45, 2.75) is 25.6 Å². The zero-order valence-electron chi connectivity index (χ0n) is 9.08. The van der Waals surface area contributed by atoms with Crippen LogP contribution < -0.4 is 5.32 Å². The lowest BCUT2D eigenvalue weighted by molar-refractivity contribution is -0.160. The van der Waals surface area contributed by atoms with E-state index in [1.54, 1.807) is 19.1 Å². The number of hydrogen-bond acceptors (Lipinski definition) is 3. The molecular formula is C10H12F3NO3. The van der Waals surface area contributed by atoms with E-state index in [1.165, 1.54) is 6.26 Å². The van der Waals surface area contributed by atoms with E-state index in [1.807, 2.05) is 0 Å². The van der Waals surface area contributed by atoms with Crippen molar-refractivity contribution in [3.63, 3.8) is 0 Å². The minimum Gasteiger partial charge on any atom is -0.469 e. The highest BCUT2D eigenvalue weighted by Crippen LogP contribution is 2.14. The summed E-state index contributed by atoms with van der Waals surface area (Å²) >= 11 is 0. The molecule has 0 fully saturated rings. The Kier molecular flexibility index (Phi) is 4.42. The lowest BCUT2D eigenvalue weighted by atomic mass is 10.2. The molecule has 1 aromatic heterocycles. The predicted molar refractivity (Wildman–Crippen MR) is 52.4 cm³/mol. The second kappa shape index (κ2) is 5.60. The van der Waals surface area contributed by atoms with Gasteiger partial charge in [0.05, 0.1) is 6.26 Å². The van der Waals surface area contributed by atoms with Gasteiger partial charge in [0.1, 0.15) is 5.76 Å². The number of hydrogen-bond donors (Lipinski definition) is 1. The van der Waals surface area contributed by atoms with Crippen molar-refractivity contribution >= 4 is 6.09 Å². The van der Waals surface area contributed by atoms with Crippen LogP contribution in [0.4, 0.5) is 18.0 Å². The Morgan fingerprint density at radius 3 is 2.82 bits per heavy atom. The lowest BCUT2D eigenvalue weighted by Gasteiger charge is -2.13. The van der Waals surface area contributed by atoms with Crippen molar-refractivity contribution in [1.29, 1.82) is 0 Å². The van der Waals surface area contributed by atoms with E-state index in [0.717, 1.165) is 0 Å². The molecule has 1 rings (SSSR count). The number of alkyl halides is 3. The standard InChI is InChI=1S/C10H12F3NO3/c1-7(5-8-3-2-4-16-8)14-9(15)17-6-10(11,12)13/h2-4,7H,5-6H2,1H3,(H,14,15)/t7-/m0/s1. The van der Waals surface area contributed by atoms with Crippen LogP contribution in [-0.2, 0) is 11.2 Å². The molecule has 1 amide bonds. The highest BCUT2D eigenvalue weighted by atomic mass is 19.4. The maximum Gasteiger partial charge on any atom is 0.422 e. The summed E-state index contributed by atoms with van der Waals surface area (Å²) in [6.45, 7) is 0.0453. The predicted octanol–water partition coefficient (Wildman–Crippen LogP) is 2.50. The molecule has 17 heavy (non-hydrogen) atoms. The van der Waals surface area contributed by atoms with Gasteiger partial charge in [0.15, 0.2) is 6.61 Å². The van der Waals surface area contributed by atoms with Crippen molar-refractivity contribution in [2.24, 2.45) is 0 Å². The zero-order chi connectivity index (χ0) is 12.9. The van der Waals surface area contributed by atoms with Crippen LogP contribution in [0.5, 0.6) is 0 Å². The third-order valence-corrected chi connectivity index (χ3v) is 1.82. The summed E-state index contributed by atoms with van der Waals surface area (Å²) in [4.78, 5) is 11.0. The van der Waals surface area contributed by atoms with E-state index in [4.69, 9.17) is 4.42 Å². The SMILES string of the molecule is C[C@@H](Cc1ccco1)NC(=O)OCC(F)(F)F. The number of carbonyl (C=O) groups is 1. The molecule has 0 saturated carbocycles. The van der Waals surface area contributed by atoms with E-state index in [-0.39, 0.29) is 6.04 Å². The highest BCUT2D eigenvalue weighted by Gasteiger charge is 2.29. The van der Waals surface area contributed by atoms with Gasteiger partial charge in [-0.1, -0.05) is 0 Å². The quantitative estimate of drug-likeness (QED) is 0.894. The van der Waals surface area contributed by atoms with Crippen molar-refractivity contribution in [3.05, 3.63) is 24.2 Å². The Labute approximate surface area is 95.7 Å². The fourth-order valence-electron chi connectivity index (χ4n) is 1.17. The van der Waals surface area contributed by atoms with Gasteiger partial charge in [0, 0.05) is 12.5 Å². The van der Waals surface area contributed by atoms with Gasteiger partial charge in [-0.2, -0.15) is 13.2 Å². The summed E-state index contributed by atoms with van der Waals surface area (Å²) in [5.74, 6) is 0.633. The molecule has 0 aliphatic heterocycles. The monoisotopic (exact) mass is 251 g/mol. The van der Waals surface area contributed by atoms with Crippen LogP contribution in [0.25, 0.3) is 0 Å². The van der Waals surface area contributed by atoms with E-state index in [9.17, 15) is 18.0 Å². The van der Waals surface area contributed by atoms with Gasteiger partial charge in [0.2, 0.25) is 0 Å². The molecule has 7 heteroatoms. The fourth-order valence-corrected chi connectivity index (χ4v) is 1.17. The molecule has 0 radical (unpaired) electrons. The third-order valence-electron chi connectivity index (χ3n) is 1.82. The lowest BCUT2D eigenvalue weighted by Crippen LogP contribution is -2.36. The number of nitrogens with one attached hydrogen (secondary N) is 1. The van der Waals surface area contributed by atoms with Gasteiger partial charge in [-0.05, 0) is 19.1 Å². The number of amides is 1. The van der Waals surface area contributed by atoms with Crippen LogP contribution in [0.3, 0.4) is 0 Å². The van der Waals surface area contributed by atoms with Gasteiger partial charge < -0.3 is 14.5 Å². The summed E-state index contributed by atoms with van der Waals surface area (Å²) in [5, 5.41) is 2.27. The van der Waals surface area contributed by atoms with Crippen molar-refractivity contribution < 1.29 is 27.1 Å². The molecule has 0 bridgehead atoms. The topological polar surface area (TPSA) is 51.5 Å². The van der Waals surface area contributed by atoms with Crippen LogP contribution >= 0.6 is 0 Å². The van der Waals surface area contributed by atoms with Gasteiger partial charge in [-0.25, -0.2) is 4.79 Å². The molecule has 0 spiro atoms. The second-order valence-electron chi connectivity index (χ2n) is 3.52. The summed E-state index contributed by atoms with van der Waals surface area (Å²) < 4.78 is 44.2. The van der Waals surface area contributed by atoms with Crippen LogP contribution in [0.2, 0.25) is 0 Å². The number of rotatable bonds is 4. The number of alkyl carbamates (subject to hydrolysis) is 1. The normalized spacial score (nSPS) is 13.2. The molecule has 1 aromatic rings. The molecule has 1 atom stereocenters. The summed E-state index contributed by atoms with van der Waals surface area (Å²) in [6.07, 6.45) is -3.75. The van der Waals surface area contributed by atoms with Gasteiger partial charge in [-0.3, -0.25) is 0 Å². The second-order valence-corrected chi connectivity index (χ2v) is 3.52. The van der Waals surface area contributed by atoms with Gasteiger partial charge >= 0.3 is 12.3 Å². The van der Waals surface area contributed by atoms with Crippen LogP contribution in [0.15, 0.2) is 22.8 Å². The smallest absolute Gasteiger partial charge is 0.422 e. The Hall–Kier alpha value is -1.66. The minimum absolute atomic E-state index is 0.373. The first-order chi connectivity index (χ1) is 7.87. The van der Waals surface area contributed by atoms with Crippen molar-refractivity contribution in [3.8, 4) is 0 Å². The Morgan fingerprint density at radius 1 is 1.59 bits per heavy atom. The maximum atomic E-state index is 11.7. The molecule has 0 aromatic carbocycles. The van der Waals surface area contributed by atoms with E-state index < -0.39 is 18.9 Å². The summed E-state index contributed by atoms with van der Waals surface area (Å²) in [6, 6.07) is 3.02. The van der Waals surface area contributed by atoms with Crippen molar-refractivity contribution in [1.82, 2.24) is 5.32 Å². The van der Waals surface area contributed by atoms with E-state index >= 15 is 0 Å². The van der Waals surface area contributed by atoms with E-state index in [0.29, 0.717) is 12.2 Å². The largest absolute Gasteiger partial charge is 0.469 e. The number of furan rings is 1. The fraction of sp³-hybridized carbons (Fsp3) is 0.500. The third kappa shape index (κ3) is 5.84. The van der Waals surface area contributed by atoms with Crippen LogP contribution in [-0.4, -0.2) is 24.9 Å². The average Bonchev–Trinajstić information content (AvgIpc) is 2.66. The van der Waals surface area contributed by atoms with Gasteiger partial charge in [0.25, 0.3) is 0 Å². The molecule has 96 valence electrons. The molecule has 4 nitrogen and oxygen atoms in total. The van der Waals surface area contributed by atoms with Crippen LogP contribution in [0.1, 0.15) is 12.7 Å². The molecule has 1 N–H and O–H groups in total. The molecule has 1 heterocycles. The number of ether oxygens (including phenoxy) is 1. The highest BCUT2D eigenvalue weighted by molar-refractivity contribution is 5.67. The number of halogens is 3. The number of carbonyl (C=O) groups excluding carboxylic acids is 1. The molecule has 0 unspecified atom stereocenters. The first-order valence-electron chi connectivity index (χ1n) is 4.89. The first-order valence-corrected chi connectivity index (χ1v) is 4.89. The Morgan fingerprint density at radius 2 is 2.29 bits per heavy atom. The zero-order valence-corrected chi connectivity index (χ0v) is 9.08. The Bertz CT molecular complexity index is 348. The molecule has 0 aliphatic rings. The van der Waals surface area contributed by atoms with Crippen LogP contribution in [0, 0.1) is 0 Å². The molecule has 0 saturated heterocycles. The van der Waals surface area contributed by atoms with Crippen molar-refractivity contribution in [2.75, 3.05) is 6.61 Å². The summed E-state index contributed by atoms with van der Waals surface area (Å²) in [7, 11) is 0. The van der Waals surface area contributed by atoms with Gasteiger partial charge in [-0.15, -0.1) is 0 Å². The summed E-state index contributed by atoms with van der Waals surface area (Å²) in [5.41, 5.74) is 0. The average molecular weight is 251 g/mol. The first kappa shape index (κ1) is 13.4.